The molecule has 1 amide bonds. The van der Waals surface area contributed by atoms with Crippen LogP contribution < -0.4 is 5.32 Å². The minimum atomic E-state index is -0.575. The number of carbonyl (C=O) groups excluding carboxylic acids is 2. The van der Waals surface area contributed by atoms with Crippen molar-refractivity contribution < 1.29 is 19.1 Å². The van der Waals surface area contributed by atoms with E-state index >= 15 is 0 Å². The Morgan fingerprint density at radius 1 is 1.33 bits per heavy atom. The Balaban J connectivity index is 2.55. The van der Waals surface area contributed by atoms with E-state index in [1.165, 1.54) is 0 Å². The van der Waals surface area contributed by atoms with Gasteiger partial charge >= 0.3 is 12.1 Å². The van der Waals surface area contributed by atoms with Gasteiger partial charge in [-0.05, 0) is 46.5 Å². The molecule has 0 spiro atoms. The molecule has 0 radical (unpaired) electrons. The third-order valence-corrected chi connectivity index (χ3v) is 2.83. The van der Waals surface area contributed by atoms with Crippen LogP contribution in [0.1, 0.15) is 47.0 Å². The summed E-state index contributed by atoms with van der Waals surface area (Å²) in [6.07, 6.45) is 2.42. The van der Waals surface area contributed by atoms with Crippen molar-refractivity contribution >= 4 is 12.1 Å². The van der Waals surface area contributed by atoms with E-state index in [2.05, 4.69) is 5.32 Å². The first-order chi connectivity index (χ1) is 8.33. The summed E-state index contributed by atoms with van der Waals surface area (Å²) in [4.78, 5) is 23.5. The largest absolute Gasteiger partial charge is 0.464 e. The van der Waals surface area contributed by atoms with Crippen LogP contribution in [0.25, 0.3) is 0 Å². The summed E-state index contributed by atoms with van der Waals surface area (Å²) in [5, 5.41) is 2.62. The Hall–Kier alpha value is -1.26. The van der Waals surface area contributed by atoms with Crippen LogP contribution in [0.15, 0.2) is 0 Å². The highest BCUT2D eigenvalue weighted by Crippen LogP contribution is 2.30. The van der Waals surface area contributed by atoms with Crippen molar-refractivity contribution in [2.24, 2.45) is 5.92 Å². The van der Waals surface area contributed by atoms with E-state index in [0.29, 0.717) is 6.61 Å². The smallest absolute Gasteiger partial charge is 0.408 e. The van der Waals surface area contributed by atoms with Crippen LogP contribution in [0, 0.1) is 5.92 Å². The predicted molar refractivity (Wildman–Crippen MR) is 67.1 cm³/mol. The van der Waals surface area contributed by atoms with Gasteiger partial charge in [0, 0.05) is 0 Å². The molecule has 0 bridgehead atoms. The average Bonchev–Trinajstić information content (AvgIpc) is 2.11. The van der Waals surface area contributed by atoms with Crippen LogP contribution in [0.4, 0.5) is 4.79 Å². The number of rotatable bonds is 4. The fourth-order valence-corrected chi connectivity index (χ4v) is 1.81. The van der Waals surface area contributed by atoms with E-state index in [0.717, 1.165) is 19.3 Å². The molecule has 0 saturated heterocycles. The summed E-state index contributed by atoms with van der Waals surface area (Å²) in [7, 11) is 0. The van der Waals surface area contributed by atoms with Crippen molar-refractivity contribution in [1.82, 2.24) is 5.32 Å². The molecule has 0 aromatic carbocycles. The summed E-state index contributed by atoms with van der Waals surface area (Å²) >= 11 is 0. The number of hydrogen-bond donors (Lipinski definition) is 1. The molecule has 1 atom stereocenters. The number of hydrogen-bond acceptors (Lipinski definition) is 4. The first kappa shape index (κ1) is 14.8. The van der Waals surface area contributed by atoms with Gasteiger partial charge < -0.3 is 14.8 Å². The Morgan fingerprint density at radius 2 is 1.94 bits per heavy atom. The Kier molecular flexibility index (Phi) is 4.99. The van der Waals surface area contributed by atoms with Gasteiger partial charge in [-0.15, -0.1) is 0 Å². The van der Waals surface area contributed by atoms with Gasteiger partial charge in [-0.3, -0.25) is 0 Å². The van der Waals surface area contributed by atoms with Gasteiger partial charge in [-0.2, -0.15) is 0 Å². The second-order valence-electron chi connectivity index (χ2n) is 5.57. The maximum absolute atomic E-state index is 11.8. The third-order valence-electron chi connectivity index (χ3n) is 2.83. The molecule has 1 N–H and O–H groups in total. The molecule has 0 heterocycles. The van der Waals surface area contributed by atoms with Crippen molar-refractivity contribution in [2.45, 2.75) is 58.6 Å². The van der Waals surface area contributed by atoms with Crippen LogP contribution in [-0.2, 0) is 14.3 Å². The van der Waals surface area contributed by atoms with Gasteiger partial charge in [0.2, 0.25) is 0 Å². The molecule has 1 aliphatic carbocycles. The standard InChI is InChI=1S/C13H23NO4/c1-5-17-11(15)10(9-7-6-8-9)14-12(16)18-13(2,3)4/h9-10H,5-8H2,1-4H3,(H,14,16). The van der Waals surface area contributed by atoms with Crippen molar-refractivity contribution in [1.29, 1.82) is 0 Å². The zero-order valence-electron chi connectivity index (χ0n) is 11.6. The molecular formula is C13H23NO4. The minimum absolute atomic E-state index is 0.177. The highest BCUT2D eigenvalue weighted by Gasteiger charge is 2.35. The lowest BCUT2D eigenvalue weighted by molar-refractivity contribution is -0.148. The molecule has 0 aliphatic heterocycles. The van der Waals surface area contributed by atoms with Crippen molar-refractivity contribution in [2.75, 3.05) is 6.61 Å². The maximum atomic E-state index is 11.8. The molecule has 1 aliphatic rings. The maximum Gasteiger partial charge on any atom is 0.408 e. The van der Waals surface area contributed by atoms with E-state index in [4.69, 9.17) is 9.47 Å². The first-order valence-electron chi connectivity index (χ1n) is 6.49. The molecule has 0 aromatic heterocycles. The Bertz CT molecular complexity index is 305. The van der Waals surface area contributed by atoms with E-state index < -0.39 is 17.7 Å². The van der Waals surface area contributed by atoms with E-state index in [-0.39, 0.29) is 11.9 Å². The fourth-order valence-electron chi connectivity index (χ4n) is 1.81. The first-order valence-corrected chi connectivity index (χ1v) is 6.49. The van der Waals surface area contributed by atoms with E-state index in [1.54, 1.807) is 27.7 Å². The third kappa shape index (κ3) is 4.55. The lowest BCUT2D eigenvalue weighted by Gasteiger charge is -2.33. The topological polar surface area (TPSA) is 64.6 Å². The highest BCUT2D eigenvalue weighted by molar-refractivity contribution is 5.81. The molecule has 5 heteroatoms. The van der Waals surface area contributed by atoms with Crippen LogP contribution in [0.5, 0.6) is 0 Å². The van der Waals surface area contributed by atoms with Gasteiger partial charge in [0.25, 0.3) is 0 Å². The van der Waals surface area contributed by atoms with Crippen molar-refractivity contribution in [3.05, 3.63) is 0 Å². The summed E-state index contributed by atoms with van der Waals surface area (Å²) < 4.78 is 10.1. The highest BCUT2D eigenvalue weighted by atomic mass is 16.6. The zero-order chi connectivity index (χ0) is 13.8. The average molecular weight is 257 g/mol. The molecule has 0 aromatic rings. The molecule has 5 nitrogen and oxygen atoms in total. The van der Waals surface area contributed by atoms with Gasteiger partial charge in [-0.1, -0.05) is 6.42 Å². The second-order valence-corrected chi connectivity index (χ2v) is 5.57. The molecule has 18 heavy (non-hydrogen) atoms. The number of carbonyl (C=O) groups is 2. The Morgan fingerprint density at radius 3 is 2.33 bits per heavy atom. The van der Waals surface area contributed by atoms with Crippen molar-refractivity contribution in [3.63, 3.8) is 0 Å². The van der Waals surface area contributed by atoms with E-state index in [1.807, 2.05) is 0 Å². The summed E-state index contributed by atoms with van der Waals surface area (Å²) in [6.45, 7) is 7.43. The van der Waals surface area contributed by atoms with Gasteiger partial charge in [0.15, 0.2) is 0 Å². The number of alkyl carbamates (subject to hydrolysis) is 1. The number of amides is 1. The second kappa shape index (κ2) is 6.07. The van der Waals surface area contributed by atoms with E-state index in [9.17, 15) is 9.59 Å². The molecule has 1 rings (SSSR count). The van der Waals surface area contributed by atoms with Gasteiger partial charge in [0.05, 0.1) is 6.61 Å². The van der Waals surface area contributed by atoms with Gasteiger partial charge in [-0.25, -0.2) is 9.59 Å². The minimum Gasteiger partial charge on any atom is -0.464 e. The Labute approximate surface area is 108 Å². The number of nitrogens with one attached hydrogen (secondary N) is 1. The normalized spacial score (nSPS) is 17.6. The summed E-state index contributed by atoms with van der Waals surface area (Å²) in [5.41, 5.74) is -0.567. The van der Waals surface area contributed by atoms with Gasteiger partial charge in [0.1, 0.15) is 11.6 Å². The molecule has 1 unspecified atom stereocenters. The van der Waals surface area contributed by atoms with Crippen molar-refractivity contribution in [3.8, 4) is 0 Å². The lowest BCUT2D eigenvalue weighted by atomic mass is 9.80. The number of ether oxygens (including phenoxy) is 2. The van der Waals surface area contributed by atoms with Crippen LogP contribution in [0.2, 0.25) is 0 Å². The molecule has 104 valence electrons. The monoisotopic (exact) mass is 257 g/mol. The zero-order valence-corrected chi connectivity index (χ0v) is 11.6. The predicted octanol–water partition coefficient (Wildman–Crippen LogP) is 2.24. The SMILES string of the molecule is CCOC(=O)C(NC(=O)OC(C)(C)C)C1CCC1. The molecular weight excluding hydrogens is 234 g/mol. The van der Waals surface area contributed by atoms with Crippen LogP contribution in [0.3, 0.4) is 0 Å². The summed E-state index contributed by atoms with van der Waals surface area (Å²) in [6, 6.07) is -0.575. The molecule has 1 fully saturated rings. The van der Waals surface area contributed by atoms with Crippen LogP contribution in [-0.4, -0.2) is 30.3 Å². The lowest BCUT2D eigenvalue weighted by Crippen LogP contribution is -2.50. The fraction of sp³-hybridized carbons (Fsp3) is 0.846. The number of esters is 1. The molecule has 1 saturated carbocycles. The van der Waals surface area contributed by atoms with Crippen LogP contribution >= 0.6 is 0 Å². The summed E-state index contributed by atoms with van der Waals surface area (Å²) in [5.74, 6) is -0.190. The quantitative estimate of drug-likeness (QED) is 0.784.